The van der Waals surface area contributed by atoms with E-state index < -0.39 is 0 Å². The van der Waals surface area contributed by atoms with E-state index in [4.69, 9.17) is 0 Å². The Balaban J connectivity index is 1.90. The number of carbonyl (C=O) groups excluding carboxylic acids is 1. The highest BCUT2D eigenvalue weighted by Crippen LogP contribution is 2.27. The van der Waals surface area contributed by atoms with Gasteiger partial charge in [-0.25, -0.2) is 0 Å². The number of anilines is 1. The molecule has 0 bridgehead atoms. The zero-order chi connectivity index (χ0) is 15.7. The van der Waals surface area contributed by atoms with Gasteiger partial charge in [-0.3, -0.25) is 9.69 Å². The smallest absolute Gasteiger partial charge is 0.247 e. The van der Waals surface area contributed by atoms with Gasteiger partial charge in [0.05, 0.1) is 0 Å². The van der Waals surface area contributed by atoms with Crippen LogP contribution in [-0.4, -0.2) is 49.6 Å². The number of piperazine rings is 1. The number of nitrogens with one attached hydrogen (secondary N) is 1. The summed E-state index contributed by atoms with van der Waals surface area (Å²) in [4.78, 5) is 16.7. The van der Waals surface area contributed by atoms with Gasteiger partial charge in [-0.05, 0) is 45.0 Å². The molecule has 2 atom stereocenters. The van der Waals surface area contributed by atoms with Crippen LogP contribution in [0.15, 0.2) is 29.8 Å². The predicted octanol–water partition coefficient (Wildman–Crippen LogP) is 2.12. The Morgan fingerprint density at radius 1 is 1.18 bits per heavy atom. The van der Waals surface area contributed by atoms with Crippen LogP contribution in [0.25, 0.3) is 6.08 Å². The van der Waals surface area contributed by atoms with Gasteiger partial charge in [-0.1, -0.05) is 18.2 Å². The molecule has 1 aromatic rings. The van der Waals surface area contributed by atoms with Crippen LogP contribution in [0.3, 0.4) is 0 Å². The van der Waals surface area contributed by atoms with Crippen LogP contribution in [0, 0.1) is 0 Å². The SMILES string of the molecule is CC1CN(c2ccccc2C=C2CCNC2=O)CC(C)N1C. The molecule has 4 heteroatoms. The molecule has 2 aliphatic heterocycles. The zero-order valence-corrected chi connectivity index (χ0v) is 13.7. The Morgan fingerprint density at radius 2 is 1.86 bits per heavy atom. The highest BCUT2D eigenvalue weighted by molar-refractivity contribution is 6.00. The molecular weight excluding hydrogens is 274 g/mol. The largest absolute Gasteiger partial charge is 0.368 e. The molecule has 1 aromatic carbocycles. The molecule has 3 rings (SSSR count). The highest BCUT2D eigenvalue weighted by Gasteiger charge is 2.27. The average Bonchev–Trinajstić information content (AvgIpc) is 2.90. The highest BCUT2D eigenvalue weighted by atomic mass is 16.1. The summed E-state index contributed by atoms with van der Waals surface area (Å²) in [5.41, 5.74) is 3.28. The normalized spacial score (nSPS) is 28.2. The monoisotopic (exact) mass is 299 g/mol. The van der Waals surface area contributed by atoms with E-state index >= 15 is 0 Å². The summed E-state index contributed by atoms with van der Waals surface area (Å²) in [5.74, 6) is 0.0786. The topological polar surface area (TPSA) is 35.6 Å². The van der Waals surface area contributed by atoms with Crippen LogP contribution in [0.4, 0.5) is 5.69 Å². The third-order valence-electron chi connectivity index (χ3n) is 4.94. The third-order valence-corrected chi connectivity index (χ3v) is 4.94. The van der Waals surface area contributed by atoms with E-state index in [9.17, 15) is 4.79 Å². The number of likely N-dealkylation sites (N-methyl/N-ethyl adjacent to an activating group) is 1. The van der Waals surface area contributed by atoms with Crippen molar-refractivity contribution in [2.45, 2.75) is 32.4 Å². The summed E-state index contributed by atoms with van der Waals surface area (Å²) in [6.07, 6.45) is 2.88. The Labute approximate surface area is 132 Å². The maximum Gasteiger partial charge on any atom is 0.247 e. The molecule has 4 nitrogen and oxygen atoms in total. The molecule has 118 valence electrons. The van der Waals surface area contributed by atoms with Gasteiger partial charge < -0.3 is 10.2 Å². The van der Waals surface area contributed by atoms with Crippen molar-refractivity contribution in [2.24, 2.45) is 0 Å². The molecule has 2 fully saturated rings. The van der Waals surface area contributed by atoms with Gasteiger partial charge in [0.1, 0.15) is 0 Å². The number of nitrogens with zero attached hydrogens (tertiary/aromatic N) is 2. The minimum atomic E-state index is 0.0786. The van der Waals surface area contributed by atoms with Crippen molar-refractivity contribution in [2.75, 3.05) is 31.6 Å². The van der Waals surface area contributed by atoms with Crippen molar-refractivity contribution in [1.29, 1.82) is 0 Å². The van der Waals surface area contributed by atoms with Crippen molar-refractivity contribution in [3.05, 3.63) is 35.4 Å². The number of amides is 1. The lowest BCUT2D eigenvalue weighted by atomic mass is 10.0. The molecule has 22 heavy (non-hydrogen) atoms. The second-order valence-corrected chi connectivity index (χ2v) is 6.50. The number of rotatable bonds is 2. The minimum absolute atomic E-state index is 0.0786. The molecule has 1 N–H and O–H groups in total. The van der Waals surface area contributed by atoms with Crippen molar-refractivity contribution in [3.63, 3.8) is 0 Å². The second kappa shape index (κ2) is 6.13. The maximum absolute atomic E-state index is 11.8. The van der Waals surface area contributed by atoms with E-state index in [1.165, 1.54) is 5.69 Å². The molecule has 2 unspecified atom stereocenters. The Kier molecular flexibility index (Phi) is 4.21. The molecular formula is C18H25N3O. The van der Waals surface area contributed by atoms with Crippen LogP contribution in [0.1, 0.15) is 25.8 Å². The predicted molar refractivity (Wildman–Crippen MR) is 90.9 cm³/mol. The van der Waals surface area contributed by atoms with Gasteiger partial charge in [0.25, 0.3) is 0 Å². The minimum Gasteiger partial charge on any atom is -0.368 e. The van der Waals surface area contributed by atoms with Crippen molar-refractivity contribution < 1.29 is 4.79 Å². The van der Waals surface area contributed by atoms with Crippen LogP contribution in [0.5, 0.6) is 0 Å². The van der Waals surface area contributed by atoms with Gasteiger partial charge >= 0.3 is 0 Å². The molecule has 2 aliphatic rings. The first kappa shape index (κ1) is 15.1. The lowest BCUT2D eigenvalue weighted by Crippen LogP contribution is -2.55. The van der Waals surface area contributed by atoms with E-state index in [0.717, 1.165) is 37.2 Å². The maximum atomic E-state index is 11.8. The number of hydrogen-bond donors (Lipinski definition) is 1. The van der Waals surface area contributed by atoms with Crippen molar-refractivity contribution in [3.8, 4) is 0 Å². The Morgan fingerprint density at radius 3 is 2.50 bits per heavy atom. The number of para-hydroxylation sites is 1. The molecule has 2 saturated heterocycles. The van der Waals surface area contributed by atoms with Gasteiger partial charge in [-0.2, -0.15) is 0 Å². The van der Waals surface area contributed by atoms with Crippen LogP contribution in [0.2, 0.25) is 0 Å². The molecule has 0 saturated carbocycles. The zero-order valence-electron chi connectivity index (χ0n) is 13.7. The molecule has 0 aromatic heterocycles. The molecule has 0 radical (unpaired) electrons. The first-order valence-electron chi connectivity index (χ1n) is 8.11. The summed E-state index contributed by atoms with van der Waals surface area (Å²) >= 11 is 0. The van der Waals surface area contributed by atoms with E-state index in [-0.39, 0.29) is 5.91 Å². The molecule has 1 amide bonds. The van der Waals surface area contributed by atoms with E-state index in [1.54, 1.807) is 0 Å². The van der Waals surface area contributed by atoms with E-state index in [1.807, 2.05) is 6.07 Å². The number of hydrogen-bond acceptors (Lipinski definition) is 3. The van der Waals surface area contributed by atoms with Gasteiger partial charge in [-0.15, -0.1) is 0 Å². The Hall–Kier alpha value is -1.81. The fourth-order valence-corrected chi connectivity index (χ4v) is 3.36. The van der Waals surface area contributed by atoms with Gasteiger partial charge in [0, 0.05) is 43.0 Å². The molecule has 0 spiro atoms. The van der Waals surface area contributed by atoms with Crippen molar-refractivity contribution >= 4 is 17.7 Å². The summed E-state index contributed by atoms with van der Waals surface area (Å²) < 4.78 is 0. The van der Waals surface area contributed by atoms with E-state index in [0.29, 0.717) is 12.1 Å². The van der Waals surface area contributed by atoms with Crippen molar-refractivity contribution in [1.82, 2.24) is 10.2 Å². The van der Waals surface area contributed by atoms with Crippen LogP contribution in [-0.2, 0) is 4.79 Å². The van der Waals surface area contributed by atoms with Crippen LogP contribution >= 0.6 is 0 Å². The number of carbonyl (C=O) groups is 1. The lowest BCUT2D eigenvalue weighted by Gasteiger charge is -2.44. The third kappa shape index (κ3) is 2.88. The van der Waals surface area contributed by atoms with E-state index in [2.05, 4.69) is 60.3 Å². The quantitative estimate of drug-likeness (QED) is 0.850. The number of benzene rings is 1. The summed E-state index contributed by atoms with van der Waals surface area (Å²) in [5, 5.41) is 2.88. The fraction of sp³-hybridized carbons (Fsp3) is 0.500. The molecule has 2 heterocycles. The second-order valence-electron chi connectivity index (χ2n) is 6.50. The Bertz CT molecular complexity index is 584. The summed E-state index contributed by atoms with van der Waals surface area (Å²) in [6.45, 7) is 7.35. The average molecular weight is 299 g/mol. The molecule has 0 aliphatic carbocycles. The standard InChI is InChI=1S/C18H25N3O/c1-13-11-21(12-14(2)20(13)3)17-7-5-4-6-15(17)10-16-8-9-19-18(16)22/h4-7,10,13-14H,8-9,11-12H2,1-3H3,(H,19,22). The summed E-state index contributed by atoms with van der Waals surface area (Å²) in [7, 11) is 2.20. The van der Waals surface area contributed by atoms with Crippen LogP contribution < -0.4 is 10.2 Å². The van der Waals surface area contributed by atoms with Gasteiger partial charge in [0.15, 0.2) is 0 Å². The first-order valence-corrected chi connectivity index (χ1v) is 8.11. The fourth-order valence-electron chi connectivity index (χ4n) is 3.36. The lowest BCUT2D eigenvalue weighted by molar-refractivity contribution is -0.116. The summed E-state index contributed by atoms with van der Waals surface area (Å²) in [6, 6.07) is 9.47. The first-order chi connectivity index (χ1) is 10.6. The van der Waals surface area contributed by atoms with Gasteiger partial charge in [0.2, 0.25) is 5.91 Å².